The summed E-state index contributed by atoms with van der Waals surface area (Å²) in [5.41, 5.74) is 2.63. The number of anilines is 1. The van der Waals surface area contributed by atoms with Gasteiger partial charge >= 0.3 is 0 Å². The molecule has 0 aliphatic heterocycles. The third kappa shape index (κ3) is 3.77. The third-order valence-electron chi connectivity index (χ3n) is 5.77. The molecule has 4 rings (SSSR count). The maximum absolute atomic E-state index is 13.4. The van der Waals surface area contributed by atoms with Gasteiger partial charge in [-0.2, -0.15) is 5.26 Å². The molecule has 5 nitrogen and oxygen atoms in total. The highest BCUT2D eigenvalue weighted by Gasteiger charge is 2.42. The van der Waals surface area contributed by atoms with E-state index in [1.807, 2.05) is 49.4 Å². The number of ether oxygens (including phenoxy) is 1. The standard InChI is InChI=1S/C25H23N3O2/c1-18-16-21(30-23-19(17-26)8-7-15-27-23)11-12-22(18)28-24(29)25(13-5-6-14-25)20-9-3-2-4-10-20/h2-4,7-12,15-16H,5-6,13-14H2,1H3,(H,28,29). The second kappa shape index (κ2) is 8.38. The smallest absolute Gasteiger partial charge is 0.237 e. The molecule has 0 spiro atoms. The largest absolute Gasteiger partial charge is 0.438 e. The van der Waals surface area contributed by atoms with Gasteiger partial charge < -0.3 is 10.1 Å². The summed E-state index contributed by atoms with van der Waals surface area (Å²) in [6.07, 6.45) is 5.42. The third-order valence-corrected chi connectivity index (χ3v) is 5.77. The Kier molecular flexibility index (Phi) is 5.49. The van der Waals surface area contributed by atoms with Crippen molar-refractivity contribution in [3.63, 3.8) is 0 Å². The number of aromatic nitrogens is 1. The summed E-state index contributed by atoms with van der Waals surface area (Å²) in [7, 11) is 0. The summed E-state index contributed by atoms with van der Waals surface area (Å²) < 4.78 is 5.78. The minimum absolute atomic E-state index is 0.0412. The lowest BCUT2D eigenvalue weighted by molar-refractivity contribution is -0.121. The molecule has 0 radical (unpaired) electrons. The van der Waals surface area contributed by atoms with Crippen molar-refractivity contribution >= 4 is 11.6 Å². The number of nitrogens with one attached hydrogen (secondary N) is 1. The Morgan fingerprint density at radius 2 is 1.87 bits per heavy atom. The highest BCUT2D eigenvalue weighted by Crippen LogP contribution is 2.42. The van der Waals surface area contributed by atoms with E-state index in [2.05, 4.69) is 16.4 Å². The Balaban J connectivity index is 1.55. The van der Waals surface area contributed by atoms with Crippen molar-refractivity contribution in [2.45, 2.75) is 38.0 Å². The number of nitriles is 1. The van der Waals surface area contributed by atoms with Gasteiger partial charge in [0.15, 0.2) is 0 Å². The maximum Gasteiger partial charge on any atom is 0.237 e. The van der Waals surface area contributed by atoms with Gasteiger partial charge in [0.25, 0.3) is 0 Å². The van der Waals surface area contributed by atoms with Gasteiger partial charge in [0.1, 0.15) is 17.4 Å². The number of rotatable bonds is 5. The Bertz CT molecular complexity index is 1100. The molecule has 3 aromatic rings. The number of nitrogens with zero attached hydrogens (tertiary/aromatic N) is 2. The zero-order valence-corrected chi connectivity index (χ0v) is 16.9. The molecule has 1 aromatic heterocycles. The van der Waals surface area contributed by atoms with Crippen LogP contribution in [0.25, 0.3) is 0 Å². The lowest BCUT2D eigenvalue weighted by Crippen LogP contribution is -2.38. The van der Waals surface area contributed by atoms with Crippen LogP contribution in [0.15, 0.2) is 66.9 Å². The Morgan fingerprint density at radius 3 is 2.57 bits per heavy atom. The second-order valence-electron chi connectivity index (χ2n) is 7.66. The molecule has 150 valence electrons. The molecule has 0 saturated heterocycles. The molecule has 1 aliphatic rings. The number of hydrogen-bond donors (Lipinski definition) is 1. The molecule has 2 aromatic carbocycles. The zero-order chi connectivity index (χ0) is 21.0. The van der Waals surface area contributed by atoms with Gasteiger partial charge in [-0.3, -0.25) is 4.79 Å². The molecule has 1 fully saturated rings. The molecule has 1 heterocycles. The number of hydrogen-bond acceptors (Lipinski definition) is 4. The molecule has 0 bridgehead atoms. The predicted octanol–water partition coefficient (Wildman–Crippen LogP) is 5.50. The van der Waals surface area contributed by atoms with E-state index in [4.69, 9.17) is 4.74 Å². The van der Waals surface area contributed by atoms with Gasteiger partial charge in [-0.25, -0.2) is 4.98 Å². The maximum atomic E-state index is 13.4. The summed E-state index contributed by atoms with van der Waals surface area (Å²) in [4.78, 5) is 17.5. The van der Waals surface area contributed by atoms with E-state index in [-0.39, 0.29) is 11.8 Å². The van der Waals surface area contributed by atoms with Crippen molar-refractivity contribution in [1.82, 2.24) is 4.98 Å². The first-order valence-electron chi connectivity index (χ1n) is 10.1. The van der Waals surface area contributed by atoms with Crippen LogP contribution in [0.3, 0.4) is 0 Å². The van der Waals surface area contributed by atoms with Crippen molar-refractivity contribution < 1.29 is 9.53 Å². The van der Waals surface area contributed by atoms with Gasteiger partial charge in [-0.15, -0.1) is 0 Å². The minimum atomic E-state index is -0.474. The first-order valence-corrected chi connectivity index (χ1v) is 10.1. The molecule has 0 atom stereocenters. The average Bonchev–Trinajstić information content (AvgIpc) is 3.28. The van der Waals surface area contributed by atoms with Crippen molar-refractivity contribution in [2.75, 3.05) is 5.32 Å². The molecule has 0 unspecified atom stereocenters. The van der Waals surface area contributed by atoms with E-state index in [9.17, 15) is 10.1 Å². The second-order valence-corrected chi connectivity index (χ2v) is 7.66. The van der Waals surface area contributed by atoms with Crippen molar-refractivity contribution in [3.05, 3.63) is 83.6 Å². The van der Waals surface area contributed by atoms with Crippen LogP contribution in [-0.4, -0.2) is 10.9 Å². The van der Waals surface area contributed by atoms with Crippen LogP contribution in [0.2, 0.25) is 0 Å². The van der Waals surface area contributed by atoms with E-state index in [1.165, 1.54) is 0 Å². The molecular formula is C25H23N3O2. The van der Waals surface area contributed by atoms with Crippen LogP contribution in [0.5, 0.6) is 11.6 Å². The number of carbonyl (C=O) groups is 1. The van der Waals surface area contributed by atoms with Crippen molar-refractivity contribution in [3.8, 4) is 17.7 Å². The van der Waals surface area contributed by atoms with E-state index >= 15 is 0 Å². The minimum Gasteiger partial charge on any atom is -0.438 e. The van der Waals surface area contributed by atoms with Gasteiger partial charge in [0.05, 0.1) is 5.41 Å². The monoisotopic (exact) mass is 397 g/mol. The molecule has 5 heteroatoms. The first-order chi connectivity index (χ1) is 14.6. The van der Waals surface area contributed by atoms with E-state index < -0.39 is 5.41 Å². The quantitative estimate of drug-likeness (QED) is 0.616. The lowest BCUT2D eigenvalue weighted by atomic mass is 9.78. The molecule has 1 saturated carbocycles. The van der Waals surface area contributed by atoms with E-state index in [0.29, 0.717) is 11.3 Å². The summed E-state index contributed by atoms with van der Waals surface area (Å²) >= 11 is 0. The van der Waals surface area contributed by atoms with Crippen LogP contribution in [0.1, 0.15) is 42.4 Å². The Labute approximate surface area is 176 Å². The number of amides is 1. The van der Waals surface area contributed by atoms with Crippen LogP contribution >= 0.6 is 0 Å². The summed E-state index contributed by atoms with van der Waals surface area (Å²) in [6, 6.07) is 21.0. The van der Waals surface area contributed by atoms with Crippen molar-refractivity contribution in [2.24, 2.45) is 0 Å². The summed E-state index contributed by atoms with van der Waals surface area (Å²) in [5, 5.41) is 12.3. The summed E-state index contributed by atoms with van der Waals surface area (Å²) in [6.45, 7) is 1.93. The van der Waals surface area contributed by atoms with E-state index in [0.717, 1.165) is 42.5 Å². The van der Waals surface area contributed by atoms with Crippen LogP contribution in [0, 0.1) is 18.3 Å². The van der Waals surface area contributed by atoms with Crippen LogP contribution in [0.4, 0.5) is 5.69 Å². The van der Waals surface area contributed by atoms with Crippen LogP contribution in [-0.2, 0) is 10.2 Å². The predicted molar refractivity (Wildman–Crippen MR) is 115 cm³/mol. The van der Waals surface area contributed by atoms with Gasteiger partial charge in [0, 0.05) is 11.9 Å². The number of benzene rings is 2. The topological polar surface area (TPSA) is 75.0 Å². The summed E-state index contributed by atoms with van der Waals surface area (Å²) in [5.74, 6) is 0.879. The first kappa shape index (κ1) is 19.7. The fraction of sp³-hybridized carbons (Fsp3) is 0.240. The SMILES string of the molecule is Cc1cc(Oc2ncccc2C#N)ccc1NC(=O)C1(c2ccccc2)CCCC1. The highest BCUT2D eigenvalue weighted by atomic mass is 16.5. The molecule has 1 N–H and O–H groups in total. The molecule has 30 heavy (non-hydrogen) atoms. The number of pyridine rings is 1. The fourth-order valence-electron chi connectivity index (χ4n) is 4.13. The van der Waals surface area contributed by atoms with Crippen molar-refractivity contribution in [1.29, 1.82) is 5.26 Å². The molecular weight excluding hydrogens is 374 g/mol. The Morgan fingerprint density at radius 1 is 1.10 bits per heavy atom. The zero-order valence-electron chi connectivity index (χ0n) is 16.9. The normalized spacial score (nSPS) is 14.7. The van der Waals surface area contributed by atoms with Gasteiger partial charge in [-0.05, 0) is 61.2 Å². The van der Waals surface area contributed by atoms with E-state index in [1.54, 1.807) is 24.4 Å². The van der Waals surface area contributed by atoms with Gasteiger partial charge in [0.2, 0.25) is 11.8 Å². The lowest BCUT2D eigenvalue weighted by Gasteiger charge is -2.28. The number of aryl methyl sites for hydroxylation is 1. The number of carbonyl (C=O) groups excluding carboxylic acids is 1. The molecule has 1 aliphatic carbocycles. The molecule has 1 amide bonds. The average molecular weight is 397 g/mol. The Hall–Kier alpha value is -3.65. The van der Waals surface area contributed by atoms with Crippen LogP contribution < -0.4 is 10.1 Å². The fourth-order valence-corrected chi connectivity index (χ4v) is 4.13. The van der Waals surface area contributed by atoms with Gasteiger partial charge in [-0.1, -0.05) is 43.2 Å². The highest BCUT2D eigenvalue weighted by molar-refractivity contribution is 6.00.